The Labute approximate surface area is 155 Å². The molecule has 26 heavy (non-hydrogen) atoms. The number of piperidine rings is 1. The fourth-order valence-electron chi connectivity index (χ4n) is 4.11. The first kappa shape index (κ1) is 16.6. The van der Waals surface area contributed by atoms with Crippen LogP contribution in [0.15, 0.2) is 91.0 Å². The first-order valence-corrected chi connectivity index (χ1v) is 9.25. The fourth-order valence-corrected chi connectivity index (χ4v) is 4.11. The van der Waals surface area contributed by atoms with Crippen LogP contribution in [0.3, 0.4) is 0 Å². The second kappa shape index (κ2) is 7.17. The van der Waals surface area contributed by atoms with Crippen molar-refractivity contribution >= 4 is 5.91 Å². The third-order valence-electron chi connectivity index (χ3n) is 5.58. The highest BCUT2D eigenvalue weighted by Crippen LogP contribution is 2.41. The molecule has 2 nitrogen and oxygen atoms in total. The first-order chi connectivity index (χ1) is 12.8. The zero-order chi connectivity index (χ0) is 17.8. The van der Waals surface area contributed by atoms with Crippen molar-refractivity contribution in [3.63, 3.8) is 0 Å². The molecule has 0 N–H and O–H groups in total. The van der Waals surface area contributed by atoms with Gasteiger partial charge in [-0.25, -0.2) is 0 Å². The quantitative estimate of drug-likeness (QED) is 0.663. The second-order valence-electron chi connectivity index (χ2n) is 6.97. The van der Waals surface area contributed by atoms with Gasteiger partial charge in [-0.05, 0) is 36.1 Å². The summed E-state index contributed by atoms with van der Waals surface area (Å²) in [7, 11) is 0. The minimum absolute atomic E-state index is 0.0179. The molecule has 1 amide bonds. The number of benzene rings is 3. The Kier molecular flexibility index (Phi) is 4.57. The Bertz CT molecular complexity index is 809. The molecule has 0 aromatic heterocycles. The second-order valence-corrected chi connectivity index (χ2v) is 6.97. The largest absolute Gasteiger partial charge is 0.339 e. The molecule has 130 valence electrons. The maximum Gasteiger partial charge on any atom is 0.253 e. The summed E-state index contributed by atoms with van der Waals surface area (Å²) in [5, 5.41) is 0. The molecule has 1 aliphatic rings. The molecular weight excluding hydrogens is 318 g/mol. The van der Waals surface area contributed by atoms with E-state index in [2.05, 4.69) is 60.7 Å². The number of amides is 1. The Morgan fingerprint density at radius 3 is 1.54 bits per heavy atom. The van der Waals surface area contributed by atoms with Crippen LogP contribution in [0.1, 0.15) is 34.3 Å². The molecule has 0 unspecified atom stereocenters. The van der Waals surface area contributed by atoms with E-state index in [1.807, 2.05) is 35.2 Å². The highest BCUT2D eigenvalue weighted by atomic mass is 16.2. The molecule has 0 aliphatic carbocycles. The molecule has 1 fully saturated rings. The SMILES string of the molecule is O=C(c1ccccc1)N1CCC(c2ccccc2)(c2ccccc2)CC1. The molecule has 1 heterocycles. The summed E-state index contributed by atoms with van der Waals surface area (Å²) >= 11 is 0. The van der Waals surface area contributed by atoms with Crippen molar-refractivity contribution in [1.29, 1.82) is 0 Å². The van der Waals surface area contributed by atoms with Gasteiger partial charge < -0.3 is 4.90 Å². The molecule has 0 spiro atoms. The van der Waals surface area contributed by atoms with Gasteiger partial charge in [0.15, 0.2) is 0 Å². The third kappa shape index (κ3) is 3.03. The van der Waals surface area contributed by atoms with Crippen LogP contribution in [0.4, 0.5) is 0 Å². The average Bonchev–Trinajstić information content (AvgIpc) is 2.75. The zero-order valence-electron chi connectivity index (χ0n) is 14.8. The van der Waals surface area contributed by atoms with Crippen LogP contribution in [-0.2, 0) is 5.41 Å². The monoisotopic (exact) mass is 341 g/mol. The van der Waals surface area contributed by atoms with Crippen LogP contribution in [0.2, 0.25) is 0 Å². The topological polar surface area (TPSA) is 20.3 Å². The van der Waals surface area contributed by atoms with Crippen molar-refractivity contribution in [1.82, 2.24) is 4.90 Å². The van der Waals surface area contributed by atoms with E-state index in [4.69, 9.17) is 0 Å². The van der Waals surface area contributed by atoms with Crippen LogP contribution in [0.25, 0.3) is 0 Å². The van der Waals surface area contributed by atoms with Crippen LogP contribution in [-0.4, -0.2) is 23.9 Å². The van der Waals surface area contributed by atoms with Crippen molar-refractivity contribution in [3.8, 4) is 0 Å². The van der Waals surface area contributed by atoms with Gasteiger partial charge in [0.1, 0.15) is 0 Å². The summed E-state index contributed by atoms with van der Waals surface area (Å²) in [6.45, 7) is 1.55. The fraction of sp³-hybridized carbons (Fsp3) is 0.208. The molecule has 3 aromatic carbocycles. The number of nitrogens with zero attached hydrogens (tertiary/aromatic N) is 1. The summed E-state index contributed by atoms with van der Waals surface area (Å²) in [4.78, 5) is 14.8. The average molecular weight is 341 g/mol. The summed E-state index contributed by atoms with van der Waals surface area (Å²) in [6.07, 6.45) is 1.89. The molecule has 4 rings (SSSR count). The van der Waals surface area contributed by atoms with Crippen LogP contribution >= 0.6 is 0 Å². The smallest absolute Gasteiger partial charge is 0.253 e. The van der Waals surface area contributed by atoms with Gasteiger partial charge in [-0.2, -0.15) is 0 Å². The van der Waals surface area contributed by atoms with E-state index >= 15 is 0 Å². The lowest BCUT2D eigenvalue weighted by atomic mass is 9.68. The summed E-state index contributed by atoms with van der Waals surface area (Å²) in [5.41, 5.74) is 3.45. The predicted molar refractivity (Wildman–Crippen MR) is 105 cm³/mol. The van der Waals surface area contributed by atoms with E-state index < -0.39 is 0 Å². The molecule has 3 aromatic rings. The van der Waals surface area contributed by atoms with Crippen LogP contribution in [0.5, 0.6) is 0 Å². The highest BCUT2D eigenvalue weighted by molar-refractivity contribution is 5.94. The van der Waals surface area contributed by atoms with Gasteiger partial charge in [0.2, 0.25) is 0 Å². The Hall–Kier alpha value is -2.87. The van der Waals surface area contributed by atoms with E-state index in [9.17, 15) is 4.79 Å². The van der Waals surface area contributed by atoms with Gasteiger partial charge in [-0.3, -0.25) is 4.79 Å². The zero-order valence-corrected chi connectivity index (χ0v) is 14.8. The molecular formula is C24H23NO. The molecule has 1 aliphatic heterocycles. The molecule has 0 saturated carbocycles. The van der Waals surface area contributed by atoms with Crippen molar-refractivity contribution in [2.24, 2.45) is 0 Å². The van der Waals surface area contributed by atoms with E-state index in [0.29, 0.717) is 0 Å². The Balaban J connectivity index is 1.62. The molecule has 2 heteroatoms. The van der Waals surface area contributed by atoms with Crippen molar-refractivity contribution < 1.29 is 4.79 Å². The number of carbonyl (C=O) groups excluding carboxylic acids is 1. The normalized spacial score (nSPS) is 16.2. The predicted octanol–water partition coefficient (Wildman–Crippen LogP) is 4.91. The summed E-state index contributed by atoms with van der Waals surface area (Å²) < 4.78 is 0. The van der Waals surface area contributed by atoms with E-state index in [1.165, 1.54) is 11.1 Å². The van der Waals surface area contributed by atoms with E-state index in [-0.39, 0.29) is 11.3 Å². The van der Waals surface area contributed by atoms with E-state index in [0.717, 1.165) is 31.5 Å². The maximum atomic E-state index is 12.8. The van der Waals surface area contributed by atoms with Crippen LogP contribution < -0.4 is 0 Å². The molecule has 0 atom stereocenters. The number of likely N-dealkylation sites (tertiary alicyclic amines) is 1. The lowest BCUT2D eigenvalue weighted by molar-refractivity contribution is 0.0686. The van der Waals surface area contributed by atoms with Crippen molar-refractivity contribution in [2.75, 3.05) is 13.1 Å². The van der Waals surface area contributed by atoms with Crippen molar-refractivity contribution in [2.45, 2.75) is 18.3 Å². The Morgan fingerprint density at radius 2 is 1.08 bits per heavy atom. The highest BCUT2D eigenvalue weighted by Gasteiger charge is 2.38. The van der Waals surface area contributed by atoms with Crippen LogP contribution in [0, 0.1) is 0 Å². The van der Waals surface area contributed by atoms with Gasteiger partial charge in [0.25, 0.3) is 5.91 Å². The van der Waals surface area contributed by atoms with Gasteiger partial charge in [-0.15, -0.1) is 0 Å². The van der Waals surface area contributed by atoms with Crippen molar-refractivity contribution in [3.05, 3.63) is 108 Å². The molecule has 0 bridgehead atoms. The van der Waals surface area contributed by atoms with Gasteiger partial charge in [-0.1, -0.05) is 78.9 Å². The molecule has 1 saturated heterocycles. The first-order valence-electron chi connectivity index (χ1n) is 9.25. The summed E-state index contributed by atoms with van der Waals surface area (Å²) in [5.74, 6) is 0.139. The third-order valence-corrected chi connectivity index (χ3v) is 5.58. The number of hydrogen-bond acceptors (Lipinski definition) is 1. The lowest BCUT2D eigenvalue weighted by Crippen LogP contribution is -2.45. The van der Waals surface area contributed by atoms with Gasteiger partial charge >= 0.3 is 0 Å². The standard InChI is InChI=1S/C24H23NO/c26-23(20-10-4-1-5-11-20)25-18-16-24(17-19-25,21-12-6-2-7-13-21)22-14-8-3-9-15-22/h1-15H,16-19H2. The lowest BCUT2D eigenvalue weighted by Gasteiger charge is -2.43. The minimum Gasteiger partial charge on any atom is -0.339 e. The van der Waals surface area contributed by atoms with E-state index in [1.54, 1.807) is 0 Å². The maximum absolute atomic E-state index is 12.8. The number of carbonyl (C=O) groups is 1. The van der Waals surface area contributed by atoms with Gasteiger partial charge in [0.05, 0.1) is 0 Å². The minimum atomic E-state index is -0.0179. The summed E-state index contributed by atoms with van der Waals surface area (Å²) in [6, 6.07) is 31.1. The number of hydrogen-bond donors (Lipinski definition) is 0. The molecule has 0 radical (unpaired) electrons. The Morgan fingerprint density at radius 1 is 0.654 bits per heavy atom. The van der Waals surface area contributed by atoms with Gasteiger partial charge in [0, 0.05) is 24.1 Å². The number of rotatable bonds is 3.